The fourth-order valence-electron chi connectivity index (χ4n) is 1.44. The second-order valence-corrected chi connectivity index (χ2v) is 5.07. The summed E-state index contributed by atoms with van der Waals surface area (Å²) in [5.41, 5.74) is 0. The van der Waals surface area contributed by atoms with Gasteiger partial charge >= 0.3 is 23.8 Å². The van der Waals surface area contributed by atoms with Crippen LogP contribution in [-0.2, 0) is 19.2 Å². The fourth-order valence-corrected chi connectivity index (χ4v) is 1.44. The summed E-state index contributed by atoms with van der Waals surface area (Å²) in [6.07, 6.45) is 0. The summed E-state index contributed by atoms with van der Waals surface area (Å²) in [7, 11) is 0. The van der Waals surface area contributed by atoms with Crippen LogP contribution in [0.1, 0.15) is 27.7 Å². The third-order valence-corrected chi connectivity index (χ3v) is 2.64. The van der Waals surface area contributed by atoms with Crippen molar-refractivity contribution in [2.75, 3.05) is 0 Å². The van der Waals surface area contributed by atoms with Crippen molar-refractivity contribution < 1.29 is 29.4 Å². The van der Waals surface area contributed by atoms with Crippen molar-refractivity contribution in [3.05, 3.63) is 0 Å². The summed E-state index contributed by atoms with van der Waals surface area (Å²) < 4.78 is 0. The Labute approximate surface area is 116 Å². The Morgan fingerprint density at radius 3 is 1.10 bits per heavy atom. The Balaban J connectivity index is 4.74. The summed E-state index contributed by atoms with van der Waals surface area (Å²) in [6, 6.07) is -2.42. The van der Waals surface area contributed by atoms with E-state index in [-0.39, 0.29) is 0 Å². The molecule has 114 valence electrons. The van der Waals surface area contributed by atoms with Crippen LogP contribution < -0.4 is 10.6 Å². The highest BCUT2D eigenvalue weighted by molar-refractivity contribution is 6.35. The summed E-state index contributed by atoms with van der Waals surface area (Å²) in [5.74, 6) is -5.69. The first kappa shape index (κ1) is 17.9. The minimum Gasteiger partial charge on any atom is -0.480 e. The minimum atomic E-state index is -1.26. The number of hydrogen-bond acceptors (Lipinski definition) is 4. The summed E-state index contributed by atoms with van der Waals surface area (Å²) >= 11 is 0. The third kappa shape index (κ3) is 5.25. The van der Waals surface area contributed by atoms with E-state index >= 15 is 0 Å². The lowest BCUT2D eigenvalue weighted by atomic mass is 10.0. The van der Waals surface area contributed by atoms with Crippen molar-refractivity contribution in [1.29, 1.82) is 0 Å². The predicted octanol–water partition coefficient (Wildman–Crippen LogP) is -0.563. The van der Waals surface area contributed by atoms with Gasteiger partial charge in [0.2, 0.25) is 0 Å². The van der Waals surface area contributed by atoms with Gasteiger partial charge in [-0.25, -0.2) is 9.59 Å². The average molecular weight is 288 g/mol. The first-order valence-electron chi connectivity index (χ1n) is 6.14. The number of rotatable bonds is 6. The molecule has 2 amide bonds. The summed E-state index contributed by atoms with van der Waals surface area (Å²) in [6.45, 7) is 6.30. The summed E-state index contributed by atoms with van der Waals surface area (Å²) in [4.78, 5) is 44.9. The van der Waals surface area contributed by atoms with Gasteiger partial charge in [0.1, 0.15) is 12.1 Å². The van der Waals surface area contributed by atoms with E-state index in [0.29, 0.717) is 0 Å². The van der Waals surface area contributed by atoms with Gasteiger partial charge in [-0.1, -0.05) is 27.7 Å². The first-order valence-corrected chi connectivity index (χ1v) is 6.14. The molecule has 0 unspecified atom stereocenters. The van der Waals surface area contributed by atoms with E-state index in [4.69, 9.17) is 10.2 Å². The zero-order valence-electron chi connectivity index (χ0n) is 11.8. The van der Waals surface area contributed by atoms with Crippen LogP contribution in [0.5, 0.6) is 0 Å². The summed E-state index contributed by atoms with van der Waals surface area (Å²) in [5, 5.41) is 21.9. The van der Waals surface area contributed by atoms with E-state index in [0.717, 1.165) is 0 Å². The smallest absolute Gasteiger partial charge is 0.326 e. The molecule has 8 heteroatoms. The number of carbonyl (C=O) groups excluding carboxylic acids is 2. The maximum atomic E-state index is 11.6. The minimum absolute atomic E-state index is 0.412. The van der Waals surface area contributed by atoms with Crippen molar-refractivity contribution in [3.63, 3.8) is 0 Å². The topological polar surface area (TPSA) is 133 Å². The first-order chi connectivity index (χ1) is 9.07. The zero-order valence-corrected chi connectivity index (χ0v) is 11.8. The number of carboxylic acid groups (broad SMARTS) is 2. The number of carbonyl (C=O) groups is 4. The van der Waals surface area contributed by atoms with Crippen LogP contribution in [-0.4, -0.2) is 46.0 Å². The Hall–Kier alpha value is -2.12. The second kappa shape index (κ2) is 7.46. The molecule has 0 aliphatic rings. The average Bonchev–Trinajstić information content (AvgIpc) is 2.30. The molecule has 0 saturated heterocycles. The Bertz CT molecular complexity index is 367. The quantitative estimate of drug-likeness (QED) is 0.484. The highest BCUT2D eigenvalue weighted by Crippen LogP contribution is 2.03. The SMILES string of the molecule is CC(C)[C@H](NC(=O)C(=O)N[C@H](C(=O)O)C(C)C)C(=O)O. The maximum Gasteiger partial charge on any atom is 0.326 e. The largest absolute Gasteiger partial charge is 0.480 e. The van der Waals surface area contributed by atoms with Gasteiger partial charge in [0.15, 0.2) is 0 Å². The van der Waals surface area contributed by atoms with Gasteiger partial charge in [-0.05, 0) is 11.8 Å². The third-order valence-electron chi connectivity index (χ3n) is 2.64. The van der Waals surface area contributed by atoms with Gasteiger partial charge in [-0.15, -0.1) is 0 Å². The fraction of sp³-hybridized carbons (Fsp3) is 0.667. The molecule has 2 atom stereocenters. The lowest BCUT2D eigenvalue weighted by molar-refractivity contribution is -0.148. The molecule has 0 aromatic rings. The molecule has 0 rings (SSSR count). The number of aliphatic carboxylic acids is 2. The number of carboxylic acids is 2. The Morgan fingerprint density at radius 1 is 0.700 bits per heavy atom. The van der Waals surface area contributed by atoms with Crippen molar-refractivity contribution in [2.24, 2.45) is 11.8 Å². The predicted molar refractivity (Wildman–Crippen MR) is 68.8 cm³/mol. The van der Waals surface area contributed by atoms with Gasteiger partial charge in [-0.2, -0.15) is 0 Å². The van der Waals surface area contributed by atoms with E-state index in [1.807, 2.05) is 0 Å². The molecule has 0 bridgehead atoms. The molecule has 20 heavy (non-hydrogen) atoms. The molecule has 4 N–H and O–H groups in total. The van der Waals surface area contributed by atoms with E-state index < -0.39 is 47.7 Å². The standard InChI is InChI=1S/C12H20N2O6/c1-5(2)7(11(17)18)13-9(15)10(16)14-8(6(3)4)12(19)20/h5-8H,1-4H3,(H,13,15)(H,14,16)(H,17,18)(H,19,20)/t7-,8-/m0/s1. The van der Waals surface area contributed by atoms with E-state index in [1.165, 1.54) is 0 Å². The van der Waals surface area contributed by atoms with Gasteiger partial charge in [0, 0.05) is 0 Å². The highest BCUT2D eigenvalue weighted by Gasteiger charge is 2.30. The molecule has 0 spiro atoms. The molecule has 0 aromatic carbocycles. The number of hydrogen-bond donors (Lipinski definition) is 4. The van der Waals surface area contributed by atoms with E-state index in [2.05, 4.69) is 10.6 Å². The molecule has 0 heterocycles. The van der Waals surface area contributed by atoms with Crippen molar-refractivity contribution in [2.45, 2.75) is 39.8 Å². The van der Waals surface area contributed by atoms with Crippen LogP contribution >= 0.6 is 0 Å². The van der Waals surface area contributed by atoms with Crippen molar-refractivity contribution in [3.8, 4) is 0 Å². The molecule has 0 fully saturated rings. The van der Waals surface area contributed by atoms with Crippen LogP contribution in [0.15, 0.2) is 0 Å². The monoisotopic (exact) mass is 288 g/mol. The van der Waals surface area contributed by atoms with Gasteiger partial charge in [0.05, 0.1) is 0 Å². The lowest BCUT2D eigenvalue weighted by Gasteiger charge is -2.20. The molecular formula is C12H20N2O6. The molecule has 0 radical (unpaired) electrons. The molecule has 0 aliphatic heterocycles. The van der Waals surface area contributed by atoms with Crippen LogP contribution in [0, 0.1) is 11.8 Å². The lowest BCUT2D eigenvalue weighted by Crippen LogP contribution is -2.53. The van der Waals surface area contributed by atoms with Crippen LogP contribution in [0.3, 0.4) is 0 Å². The molecular weight excluding hydrogens is 268 g/mol. The van der Waals surface area contributed by atoms with Crippen LogP contribution in [0.2, 0.25) is 0 Å². The van der Waals surface area contributed by atoms with Crippen molar-refractivity contribution in [1.82, 2.24) is 10.6 Å². The normalized spacial score (nSPS) is 13.7. The second-order valence-electron chi connectivity index (χ2n) is 5.07. The van der Waals surface area contributed by atoms with Crippen LogP contribution in [0.4, 0.5) is 0 Å². The van der Waals surface area contributed by atoms with Gasteiger partial charge in [0.25, 0.3) is 0 Å². The van der Waals surface area contributed by atoms with Gasteiger partial charge in [-0.3, -0.25) is 9.59 Å². The molecule has 8 nitrogen and oxygen atoms in total. The molecule has 0 aromatic heterocycles. The van der Waals surface area contributed by atoms with E-state index in [1.54, 1.807) is 27.7 Å². The number of nitrogens with one attached hydrogen (secondary N) is 2. The maximum absolute atomic E-state index is 11.6. The Kier molecular flexibility index (Phi) is 6.67. The molecule has 0 aliphatic carbocycles. The van der Waals surface area contributed by atoms with E-state index in [9.17, 15) is 19.2 Å². The van der Waals surface area contributed by atoms with Crippen molar-refractivity contribution >= 4 is 23.8 Å². The number of amides is 2. The molecule has 0 saturated carbocycles. The Morgan fingerprint density at radius 2 is 0.950 bits per heavy atom. The zero-order chi connectivity index (χ0) is 16.0. The highest BCUT2D eigenvalue weighted by atomic mass is 16.4. The van der Waals surface area contributed by atoms with Gasteiger partial charge < -0.3 is 20.8 Å². The van der Waals surface area contributed by atoms with Crippen LogP contribution in [0.25, 0.3) is 0 Å².